The van der Waals surface area contributed by atoms with E-state index in [1.54, 1.807) is 0 Å². The van der Waals surface area contributed by atoms with Gasteiger partial charge in [-0.1, -0.05) is 27.2 Å². The van der Waals surface area contributed by atoms with Crippen LogP contribution < -0.4 is 0 Å². The summed E-state index contributed by atoms with van der Waals surface area (Å²) in [6.45, 7) is 7.53. The second-order valence-electron chi connectivity index (χ2n) is 9.64. The van der Waals surface area contributed by atoms with Crippen molar-refractivity contribution >= 4 is 5.78 Å². The molecule has 0 aliphatic heterocycles. The molecule has 0 unspecified atom stereocenters. The summed E-state index contributed by atoms with van der Waals surface area (Å²) >= 11 is 0. The number of fused-ring (bicyclic) bond motifs is 5. The van der Waals surface area contributed by atoms with Crippen molar-refractivity contribution in [2.45, 2.75) is 85.0 Å². The maximum absolute atomic E-state index is 12.2. The quantitative estimate of drug-likeness (QED) is 0.614. The largest absolute Gasteiger partial charge is 0.300 e. The summed E-state index contributed by atoms with van der Waals surface area (Å²) < 4.78 is 0. The SMILES string of the molecule is CC[C@H]1CC[C@H]2[C@@H]3CC[C@@H]4CCC(=O)C[C@]4(C)[C@H]3CC[C@]12C. The van der Waals surface area contributed by atoms with Gasteiger partial charge < -0.3 is 0 Å². The molecule has 0 bridgehead atoms. The third-order valence-electron chi connectivity index (χ3n) is 9.10. The third kappa shape index (κ3) is 1.93. The maximum Gasteiger partial charge on any atom is 0.133 e. The molecule has 0 saturated heterocycles. The maximum atomic E-state index is 12.2. The molecule has 22 heavy (non-hydrogen) atoms. The van der Waals surface area contributed by atoms with Crippen LogP contribution in [0, 0.1) is 40.4 Å². The van der Waals surface area contributed by atoms with Gasteiger partial charge >= 0.3 is 0 Å². The Bertz CT molecular complexity index is 469. The van der Waals surface area contributed by atoms with Crippen molar-refractivity contribution in [3.8, 4) is 0 Å². The van der Waals surface area contributed by atoms with Crippen molar-refractivity contribution in [3.05, 3.63) is 0 Å². The average Bonchev–Trinajstić information content (AvgIpc) is 2.82. The molecular weight excluding hydrogens is 268 g/mol. The highest BCUT2D eigenvalue weighted by Gasteiger charge is 2.59. The first-order chi connectivity index (χ1) is 10.5. The summed E-state index contributed by atoms with van der Waals surface area (Å²) in [5.74, 6) is 5.12. The third-order valence-corrected chi connectivity index (χ3v) is 9.10. The van der Waals surface area contributed by atoms with E-state index in [0.29, 0.717) is 16.6 Å². The Labute approximate surface area is 136 Å². The van der Waals surface area contributed by atoms with E-state index in [1.807, 2.05) is 0 Å². The van der Waals surface area contributed by atoms with E-state index in [4.69, 9.17) is 0 Å². The lowest BCUT2D eigenvalue weighted by atomic mass is 9.44. The van der Waals surface area contributed by atoms with E-state index < -0.39 is 0 Å². The minimum atomic E-state index is 0.351. The molecule has 1 heteroatoms. The second kappa shape index (κ2) is 5.08. The fourth-order valence-corrected chi connectivity index (χ4v) is 7.91. The first-order valence-electron chi connectivity index (χ1n) is 10.0. The zero-order valence-electron chi connectivity index (χ0n) is 14.9. The highest BCUT2D eigenvalue weighted by Crippen LogP contribution is 2.67. The second-order valence-corrected chi connectivity index (χ2v) is 9.64. The molecule has 0 amide bonds. The van der Waals surface area contributed by atoms with E-state index in [1.165, 1.54) is 51.4 Å². The summed E-state index contributed by atoms with van der Waals surface area (Å²) in [4.78, 5) is 12.2. The van der Waals surface area contributed by atoms with Gasteiger partial charge in [0, 0.05) is 12.8 Å². The van der Waals surface area contributed by atoms with Gasteiger partial charge in [0.15, 0.2) is 0 Å². The number of ketones is 1. The highest BCUT2D eigenvalue weighted by molar-refractivity contribution is 5.80. The van der Waals surface area contributed by atoms with Crippen molar-refractivity contribution < 1.29 is 4.79 Å². The predicted molar refractivity (Wildman–Crippen MR) is 90.5 cm³/mol. The topological polar surface area (TPSA) is 17.1 Å². The molecule has 0 radical (unpaired) electrons. The van der Waals surface area contributed by atoms with Crippen LogP contribution in [0.1, 0.15) is 85.0 Å². The molecule has 0 aromatic heterocycles. The van der Waals surface area contributed by atoms with Crippen molar-refractivity contribution in [3.63, 3.8) is 0 Å². The van der Waals surface area contributed by atoms with Gasteiger partial charge in [-0.15, -0.1) is 0 Å². The number of Topliss-reactive ketones (excluding diaryl/α,β-unsaturated/α-hetero) is 1. The van der Waals surface area contributed by atoms with Gasteiger partial charge in [-0.2, -0.15) is 0 Å². The first-order valence-corrected chi connectivity index (χ1v) is 10.0. The highest BCUT2D eigenvalue weighted by atomic mass is 16.1. The predicted octanol–water partition coefficient (Wildman–Crippen LogP) is 5.62. The molecular formula is C21H34O. The zero-order valence-corrected chi connectivity index (χ0v) is 14.9. The molecule has 4 fully saturated rings. The molecule has 4 saturated carbocycles. The zero-order chi connectivity index (χ0) is 15.5. The molecule has 124 valence electrons. The van der Waals surface area contributed by atoms with Crippen LogP contribution in [0.15, 0.2) is 0 Å². The molecule has 4 aliphatic carbocycles. The fourth-order valence-electron chi connectivity index (χ4n) is 7.91. The van der Waals surface area contributed by atoms with Gasteiger partial charge in [0.05, 0.1) is 0 Å². The monoisotopic (exact) mass is 302 g/mol. The molecule has 4 aliphatic rings. The Kier molecular flexibility index (Phi) is 3.51. The van der Waals surface area contributed by atoms with Gasteiger partial charge in [-0.25, -0.2) is 0 Å². The smallest absolute Gasteiger partial charge is 0.133 e. The van der Waals surface area contributed by atoms with Crippen molar-refractivity contribution in [2.24, 2.45) is 40.4 Å². The van der Waals surface area contributed by atoms with Crippen LogP contribution in [0.5, 0.6) is 0 Å². The van der Waals surface area contributed by atoms with E-state index in [2.05, 4.69) is 20.8 Å². The van der Waals surface area contributed by atoms with E-state index in [9.17, 15) is 4.79 Å². The molecule has 0 N–H and O–H groups in total. The van der Waals surface area contributed by atoms with Crippen LogP contribution >= 0.6 is 0 Å². The van der Waals surface area contributed by atoms with Crippen molar-refractivity contribution in [1.82, 2.24) is 0 Å². The van der Waals surface area contributed by atoms with E-state index in [-0.39, 0.29) is 0 Å². The summed E-state index contributed by atoms with van der Waals surface area (Å²) in [5, 5.41) is 0. The number of carbonyl (C=O) groups excluding carboxylic acids is 1. The summed E-state index contributed by atoms with van der Waals surface area (Å²) in [6, 6.07) is 0. The van der Waals surface area contributed by atoms with Gasteiger partial charge in [0.2, 0.25) is 0 Å². The molecule has 0 aromatic carbocycles. The number of hydrogen-bond donors (Lipinski definition) is 0. The van der Waals surface area contributed by atoms with Crippen LogP contribution in [-0.4, -0.2) is 5.78 Å². The molecule has 0 heterocycles. The Morgan fingerprint density at radius 3 is 2.50 bits per heavy atom. The van der Waals surface area contributed by atoms with Crippen LogP contribution in [0.4, 0.5) is 0 Å². The molecule has 7 atom stereocenters. The minimum absolute atomic E-state index is 0.351. The fraction of sp³-hybridized carbons (Fsp3) is 0.952. The lowest BCUT2D eigenvalue weighted by Gasteiger charge is -2.60. The Morgan fingerprint density at radius 1 is 0.955 bits per heavy atom. The van der Waals surface area contributed by atoms with Crippen LogP contribution in [0.25, 0.3) is 0 Å². The van der Waals surface area contributed by atoms with Gasteiger partial charge in [-0.3, -0.25) is 4.79 Å². The van der Waals surface area contributed by atoms with E-state index >= 15 is 0 Å². The number of carbonyl (C=O) groups is 1. The van der Waals surface area contributed by atoms with E-state index in [0.717, 1.165) is 42.4 Å². The Hall–Kier alpha value is -0.330. The molecule has 1 nitrogen and oxygen atoms in total. The van der Waals surface area contributed by atoms with Gasteiger partial charge in [-0.05, 0) is 85.4 Å². The number of hydrogen-bond acceptors (Lipinski definition) is 1. The minimum Gasteiger partial charge on any atom is -0.300 e. The summed E-state index contributed by atoms with van der Waals surface area (Å²) in [6.07, 6.45) is 13.0. The van der Waals surface area contributed by atoms with Crippen molar-refractivity contribution in [2.75, 3.05) is 0 Å². The average molecular weight is 303 g/mol. The molecule has 0 aromatic rings. The van der Waals surface area contributed by atoms with Crippen LogP contribution in [0.2, 0.25) is 0 Å². The molecule has 4 rings (SSSR count). The summed E-state index contributed by atoms with van der Waals surface area (Å²) in [5.41, 5.74) is 0.974. The van der Waals surface area contributed by atoms with Gasteiger partial charge in [0.1, 0.15) is 5.78 Å². The Morgan fingerprint density at radius 2 is 1.73 bits per heavy atom. The van der Waals surface area contributed by atoms with Gasteiger partial charge in [0.25, 0.3) is 0 Å². The number of rotatable bonds is 1. The Balaban J connectivity index is 1.64. The van der Waals surface area contributed by atoms with Crippen LogP contribution in [-0.2, 0) is 4.79 Å². The summed E-state index contributed by atoms with van der Waals surface area (Å²) in [7, 11) is 0. The van der Waals surface area contributed by atoms with Crippen LogP contribution in [0.3, 0.4) is 0 Å². The first kappa shape index (κ1) is 15.2. The normalized spacial score (nSPS) is 54.5. The lowest BCUT2D eigenvalue weighted by Crippen LogP contribution is -2.53. The molecule has 0 spiro atoms. The lowest BCUT2D eigenvalue weighted by molar-refractivity contribution is -0.141. The van der Waals surface area contributed by atoms with Crippen molar-refractivity contribution in [1.29, 1.82) is 0 Å². The standard InChI is InChI=1S/C21H34O/c1-4-14-7-10-18-17-9-6-15-5-8-16(22)13-21(15,3)19(17)11-12-20(14,18)2/h14-15,17-19H,4-13H2,1-3H3/t14-,15-,17-,18-,19-,20+,21-/m0/s1.